The number of anilines is 3. The first kappa shape index (κ1) is 31.4. The molecular formula is C53H36N2. The summed E-state index contributed by atoms with van der Waals surface area (Å²) in [5.74, 6) is 0. The van der Waals surface area contributed by atoms with Crippen molar-refractivity contribution < 1.29 is 0 Å². The van der Waals surface area contributed by atoms with Gasteiger partial charge in [-0.25, -0.2) is 0 Å². The molecule has 0 spiro atoms. The van der Waals surface area contributed by atoms with E-state index in [4.69, 9.17) is 0 Å². The van der Waals surface area contributed by atoms with Crippen molar-refractivity contribution in [1.82, 2.24) is 4.57 Å². The molecule has 0 radical (unpaired) electrons. The van der Waals surface area contributed by atoms with Crippen molar-refractivity contribution >= 4 is 49.6 Å². The Balaban J connectivity index is 0.988. The summed E-state index contributed by atoms with van der Waals surface area (Å²) in [5, 5.41) is 5.01. The van der Waals surface area contributed by atoms with Crippen molar-refractivity contribution in [3.05, 3.63) is 217 Å². The first-order valence-electron chi connectivity index (χ1n) is 19.0. The van der Waals surface area contributed by atoms with Gasteiger partial charge in [-0.15, -0.1) is 0 Å². The summed E-state index contributed by atoms with van der Waals surface area (Å²) in [6, 6.07) is 75.4. The zero-order chi connectivity index (χ0) is 36.3. The van der Waals surface area contributed by atoms with Crippen LogP contribution < -0.4 is 4.90 Å². The van der Waals surface area contributed by atoms with Gasteiger partial charge in [-0.05, 0) is 128 Å². The molecule has 0 atom stereocenters. The number of hydrogen-bond donors (Lipinski definition) is 0. The van der Waals surface area contributed by atoms with Crippen molar-refractivity contribution in [1.29, 1.82) is 0 Å². The molecule has 258 valence electrons. The van der Waals surface area contributed by atoms with E-state index in [0.717, 1.165) is 23.5 Å². The second-order valence-electron chi connectivity index (χ2n) is 14.6. The molecule has 1 aliphatic rings. The molecule has 0 saturated carbocycles. The molecule has 0 N–H and O–H groups in total. The van der Waals surface area contributed by atoms with E-state index in [9.17, 15) is 0 Å². The zero-order valence-corrected chi connectivity index (χ0v) is 30.2. The van der Waals surface area contributed by atoms with Crippen LogP contribution in [0.4, 0.5) is 17.1 Å². The first-order chi connectivity index (χ1) is 27.2. The summed E-state index contributed by atoms with van der Waals surface area (Å²) in [7, 11) is 0. The van der Waals surface area contributed by atoms with Gasteiger partial charge < -0.3 is 9.47 Å². The maximum Gasteiger partial charge on any atom is 0.0541 e. The normalized spacial score (nSPS) is 11.9. The minimum absolute atomic E-state index is 0.957. The van der Waals surface area contributed by atoms with Crippen LogP contribution in [-0.4, -0.2) is 4.57 Å². The highest BCUT2D eigenvalue weighted by Crippen LogP contribution is 2.43. The van der Waals surface area contributed by atoms with Gasteiger partial charge in [-0.2, -0.15) is 0 Å². The third-order valence-corrected chi connectivity index (χ3v) is 11.4. The van der Waals surface area contributed by atoms with Crippen LogP contribution in [0.15, 0.2) is 206 Å². The Morgan fingerprint density at radius 1 is 0.345 bits per heavy atom. The van der Waals surface area contributed by atoms with Gasteiger partial charge in [0.2, 0.25) is 0 Å². The minimum Gasteiger partial charge on any atom is -0.310 e. The average Bonchev–Trinajstić information content (AvgIpc) is 3.79. The molecule has 0 fully saturated rings. The van der Waals surface area contributed by atoms with E-state index in [1.807, 2.05) is 0 Å². The van der Waals surface area contributed by atoms with Gasteiger partial charge in [0.1, 0.15) is 0 Å². The van der Waals surface area contributed by atoms with Gasteiger partial charge in [0.25, 0.3) is 0 Å². The van der Waals surface area contributed by atoms with Crippen molar-refractivity contribution in [3.8, 4) is 39.1 Å². The number of benzene rings is 9. The largest absolute Gasteiger partial charge is 0.310 e. The summed E-state index contributed by atoms with van der Waals surface area (Å²) < 4.78 is 2.40. The lowest BCUT2D eigenvalue weighted by Crippen LogP contribution is -2.10. The van der Waals surface area contributed by atoms with E-state index in [0.29, 0.717) is 0 Å². The molecular weight excluding hydrogens is 665 g/mol. The molecule has 0 unspecified atom stereocenters. The molecule has 0 bridgehead atoms. The van der Waals surface area contributed by atoms with E-state index in [1.165, 1.54) is 82.8 Å². The van der Waals surface area contributed by atoms with Crippen molar-refractivity contribution in [3.63, 3.8) is 0 Å². The van der Waals surface area contributed by atoms with Crippen LogP contribution in [0.3, 0.4) is 0 Å². The highest BCUT2D eigenvalue weighted by molar-refractivity contribution is 6.10. The molecule has 10 aromatic rings. The molecule has 1 aliphatic carbocycles. The minimum atomic E-state index is 0.957. The molecule has 0 amide bonds. The predicted octanol–water partition coefficient (Wildman–Crippen LogP) is 14.3. The predicted molar refractivity (Wildman–Crippen MR) is 232 cm³/mol. The summed E-state index contributed by atoms with van der Waals surface area (Å²) in [4.78, 5) is 2.39. The lowest BCUT2D eigenvalue weighted by Gasteiger charge is -2.26. The van der Waals surface area contributed by atoms with Crippen LogP contribution in [-0.2, 0) is 6.42 Å². The van der Waals surface area contributed by atoms with Gasteiger partial charge in [0.05, 0.1) is 11.0 Å². The Labute approximate surface area is 320 Å². The number of aromatic nitrogens is 1. The maximum absolute atomic E-state index is 2.40. The van der Waals surface area contributed by atoms with Gasteiger partial charge in [-0.1, -0.05) is 140 Å². The van der Waals surface area contributed by atoms with E-state index in [-0.39, 0.29) is 0 Å². The monoisotopic (exact) mass is 700 g/mol. The molecule has 2 nitrogen and oxygen atoms in total. The quantitative estimate of drug-likeness (QED) is 0.168. The Morgan fingerprint density at radius 3 is 1.76 bits per heavy atom. The van der Waals surface area contributed by atoms with Gasteiger partial charge in [0.15, 0.2) is 0 Å². The molecule has 1 heterocycles. The Kier molecular flexibility index (Phi) is 7.28. The highest BCUT2D eigenvalue weighted by atomic mass is 15.1. The van der Waals surface area contributed by atoms with Gasteiger partial charge in [-0.3, -0.25) is 0 Å². The number of para-hydroxylation sites is 1. The fourth-order valence-electron chi connectivity index (χ4n) is 8.70. The Hall–Kier alpha value is -7.16. The lowest BCUT2D eigenvalue weighted by molar-refractivity contribution is 1.19. The third-order valence-electron chi connectivity index (χ3n) is 11.4. The van der Waals surface area contributed by atoms with Crippen LogP contribution in [0, 0.1) is 0 Å². The molecule has 0 aliphatic heterocycles. The van der Waals surface area contributed by atoms with E-state index in [2.05, 4.69) is 216 Å². The van der Waals surface area contributed by atoms with Crippen LogP contribution in [0.2, 0.25) is 0 Å². The molecule has 2 heteroatoms. The van der Waals surface area contributed by atoms with E-state index >= 15 is 0 Å². The van der Waals surface area contributed by atoms with Crippen LogP contribution in [0.1, 0.15) is 11.1 Å². The maximum atomic E-state index is 2.40. The molecule has 1 aromatic heterocycles. The summed E-state index contributed by atoms with van der Waals surface area (Å²) >= 11 is 0. The third kappa shape index (κ3) is 5.34. The summed E-state index contributed by atoms with van der Waals surface area (Å²) in [5.41, 5.74) is 17.3. The fraction of sp³-hybridized carbons (Fsp3) is 0.0189. The fourth-order valence-corrected chi connectivity index (χ4v) is 8.70. The van der Waals surface area contributed by atoms with Crippen molar-refractivity contribution in [2.24, 2.45) is 0 Å². The summed E-state index contributed by atoms with van der Waals surface area (Å²) in [6.45, 7) is 0. The summed E-state index contributed by atoms with van der Waals surface area (Å²) in [6.07, 6.45) is 0.957. The average molecular weight is 701 g/mol. The smallest absolute Gasteiger partial charge is 0.0541 e. The Morgan fingerprint density at radius 2 is 0.945 bits per heavy atom. The highest BCUT2D eigenvalue weighted by Gasteiger charge is 2.21. The van der Waals surface area contributed by atoms with Crippen LogP contribution in [0.25, 0.3) is 71.6 Å². The van der Waals surface area contributed by atoms with E-state index in [1.54, 1.807) is 0 Å². The second-order valence-corrected chi connectivity index (χ2v) is 14.6. The van der Waals surface area contributed by atoms with Crippen LogP contribution in [0.5, 0.6) is 0 Å². The molecule has 11 rings (SSSR count). The van der Waals surface area contributed by atoms with Crippen molar-refractivity contribution in [2.75, 3.05) is 4.90 Å². The van der Waals surface area contributed by atoms with Gasteiger partial charge in [0, 0.05) is 33.5 Å². The standard InChI is InChI=1S/C53H36N2/c1-2-10-36(11-3-1)38-18-24-44(25-19-38)54(46-29-30-49-43(34-46)32-42-14-6-7-15-48(42)49)45-26-20-39(21-27-45)41-23-31-53-51(35-41)50-16-8-9-17-52(50)55(53)47-28-22-37-12-4-5-13-40(37)33-47/h1-31,33-35H,32H2. The topological polar surface area (TPSA) is 8.17 Å². The Bertz CT molecular complexity index is 3040. The number of hydrogen-bond acceptors (Lipinski definition) is 1. The molecule has 9 aromatic carbocycles. The molecule has 0 saturated heterocycles. The van der Waals surface area contributed by atoms with Crippen molar-refractivity contribution in [2.45, 2.75) is 6.42 Å². The number of rotatable bonds is 6. The first-order valence-corrected chi connectivity index (χ1v) is 19.0. The number of fused-ring (bicyclic) bond motifs is 7. The SMILES string of the molecule is c1ccc(-c2ccc(N(c3ccc(-c4ccc5c(c4)c4ccccc4n5-c4ccc5ccccc5c4)cc3)c3ccc4c(c3)Cc3ccccc3-4)cc2)cc1. The number of nitrogens with zero attached hydrogens (tertiary/aromatic N) is 2. The lowest BCUT2D eigenvalue weighted by atomic mass is 10.0. The van der Waals surface area contributed by atoms with Crippen LogP contribution >= 0.6 is 0 Å². The molecule has 55 heavy (non-hydrogen) atoms. The van der Waals surface area contributed by atoms with E-state index < -0.39 is 0 Å². The van der Waals surface area contributed by atoms with Gasteiger partial charge >= 0.3 is 0 Å². The zero-order valence-electron chi connectivity index (χ0n) is 30.2. The second kappa shape index (κ2) is 12.8.